The molecule has 0 heterocycles. The average molecular weight is 465 g/mol. The Hall–Kier alpha value is -2.42. The summed E-state index contributed by atoms with van der Waals surface area (Å²) in [5, 5.41) is 25.3. The summed E-state index contributed by atoms with van der Waals surface area (Å²) in [6.07, 6.45) is 1.15. The average Bonchev–Trinajstić information content (AvgIpc) is 2.72. The number of aliphatic hydroxyl groups is 1. The number of carboxylic acids is 1. The molecule has 0 fully saturated rings. The lowest BCUT2D eigenvalue weighted by atomic mass is 10.1. The highest BCUT2D eigenvalue weighted by Gasteiger charge is 2.29. The second kappa shape index (κ2) is 15.4. The Labute approximate surface area is 185 Å². The van der Waals surface area contributed by atoms with Gasteiger partial charge in [-0.15, -0.1) is 0 Å². The monoisotopic (exact) mass is 464 g/mol. The number of carbonyl (C=O) groups is 5. The molecule has 0 aliphatic carbocycles. The van der Waals surface area contributed by atoms with Crippen LogP contribution >= 0.6 is 12.6 Å². The van der Waals surface area contributed by atoms with Crippen molar-refractivity contribution >= 4 is 42.2 Å². The molecule has 0 aromatic heterocycles. The summed E-state index contributed by atoms with van der Waals surface area (Å²) in [5.41, 5.74) is 16.1. The van der Waals surface area contributed by atoms with Gasteiger partial charge in [-0.1, -0.05) is 6.42 Å². The number of amides is 4. The first-order valence-corrected chi connectivity index (χ1v) is 10.3. The molecule has 31 heavy (non-hydrogen) atoms. The fourth-order valence-electron chi connectivity index (χ4n) is 2.40. The third-order valence-electron chi connectivity index (χ3n) is 4.23. The summed E-state index contributed by atoms with van der Waals surface area (Å²) in [4.78, 5) is 58.8. The molecule has 11 N–H and O–H groups in total. The van der Waals surface area contributed by atoms with Gasteiger partial charge in [0.15, 0.2) is 0 Å². The Morgan fingerprint density at radius 2 is 1.42 bits per heavy atom. The van der Waals surface area contributed by atoms with Crippen LogP contribution in [-0.2, 0) is 24.0 Å². The summed E-state index contributed by atoms with van der Waals surface area (Å²) in [6.45, 7) is -0.378. The molecule has 14 heteroatoms. The van der Waals surface area contributed by atoms with Crippen molar-refractivity contribution in [1.29, 1.82) is 0 Å². The molecule has 0 aromatic carbocycles. The minimum absolute atomic E-state index is 0.122. The number of aliphatic carboxylic acids is 1. The SMILES string of the molecule is NCCCCC(N)C(=O)NC(CS)C(=O)NC(CO)C(=O)NC(CCC(N)=O)C(=O)O. The largest absolute Gasteiger partial charge is 0.480 e. The van der Waals surface area contributed by atoms with Crippen molar-refractivity contribution in [3.63, 3.8) is 0 Å². The topological polar surface area (TPSA) is 240 Å². The Bertz CT molecular complexity index is 636. The lowest BCUT2D eigenvalue weighted by molar-refractivity contribution is -0.143. The molecule has 0 rings (SSSR count). The summed E-state index contributed by atoms with van der Waals surface area (Å²) in [5.74, 6) is -4.69. The Morgan fingerprint density at radius 3 is 1.90 bits per heavy atom. The fraction of sp³-hybridized carbons (Fsp3) is 0.706. The number of carbonyl (C=O) groups excluding carboxylic acids is 4. The van der Waals surface area contributed by atoms with Crippen LogP contribution in [0.3, 0.4) is 0 Å². The lowest BCUT2D eigenvalue weighted by Crippen LogP contribution is -2.58. The molecule has 178 valence electrons. The highest BCUT2D eigenvalue weighted by atomic mass is 32.1. The molecule has 4 unspecified atom stereocenters. The summed E-state index contributed by atoms with van der Waals surface area (Å²) in [6, 6.07) is -4.96. The zero-order chi connectivity index (χ0) is 24.0. The van der Waals surface area contributed by atoms with Gasteiger partial charge < -0.3 is 43.4 Å². The lowest BCUT2D eigenvalue weighted by Gasteiger charge is -2.23. The van der Waals surface area contributed by atoms with Gasteiger partial charge in [-0.2, -0.15) is 12.6 Å². The predicted molar refractivity (Wildman–Crippen MR) is 114 cm³/mol. The van der Waals surface area contributed by atoms with Crippen LogP contribution in [0.1, 0.15) is 32.1 Å². The molecule has 0 aliphatic rings. The van der Waals surface area contributed by atoms with Gasteiger partial charge in [-0.25, -0.2) is 4.79 Å². The van der Waals surface area contributed by atoms with Gasteiger partial charge in [0.1, 0.15) is 18.1 Å². The van der Waals surface area contributed by atoms with Gasteiger partial charge in [-0.3, -0.25) is 19.2 Å². The number of rotatable bonds is 16. The minimum Gasteiger partial charge on any atom is -0.480 e. The molecule has 0 radical (unpaired) electrons. The number of unbranched alkanes of at least 4 members (excludes halogenated alkanes) is 1. The van der Waals surface area contributed by atoms with E-state index < -0.39 is 60.4 Å². The maximum atomic E-state index is 12.4. The molecule has 13 nitrogen and oxygen atoms in total. The van der Waals surface area contributed by atoms with E-state index >= 15 is 0 Å². The molecule has 0 aliphatic heterocycles. The van der Waals surface area contributed by atoms with Crippen molar-refractivity contribution in [3.05, 3.63) is 0 Å². The third kappa shape index (κ3) is 11.5. The van der Waals surface area contributed by atoms with E-state index in [4.69, 9.17) is 22.3 Å². The van der Waals surface area contributed by atoms with E-state index in [1.54, 1.807) is 0 Å². The van der Waals surface area contributed by atoms with Crippen LogP contribution in [0.4, 0.5) is 0 Å². The molecule has 0 aromatic rings. The number of hydrogen-bond acceptors (Lipinski definition) is 9. The quantitative estimate of drug-likeness (QED) is 0.0801. The van der Waals surface area contributed by atoms with Gasteiger partial charge in [-0.05, 0) is 25.8 Å². The van der Waals surface area contributed by atoms with Crippen molar-refractivity contribution in [1.82, 2.24) is 16.0 Å². The van der Waals surface area contributed by atoms with Crippen molar-refractivity contribution in [3.8, 4) is 0 Å². The van der Waals surface area contributed by atoms with Crippen LogP contribution in [0.15, 0.2) is 0 Å². The van der Waals surface area contributed by atoms with Gasteiger partial charge in [0.25, 0.3) is 0 Å². The first-order chi connectivity index (χ1) is 14.6. The number of primary amides is 1. The van der Waals surface area contributed by atoms with E-state index in [1.807, 2.05) is 0 Å². The van der Waals surface area contributed by atoms with Gasteiger partial charge >= 0.3 is 5.97 Å². The molecular formula is C17H32N6O7S. The van der Waals surface area contributed by atoms with Crippen molar-refractivity contribution in [2.45, 2.75) is 56.3 Å². The van der Waals surface area contributed by atoms with Crippen LogP contribution in [0, 0.1) is 0 Å². The summed E-state index contributed by atoms with van der Waals surface area (Å²) < 4.78 is 0. The maximum Gasteiger partial charge on any atom is 0.326 e. The highest BCUT2D eigenvalue weighted by Crippen LogP contribution is 2.01. The highest BCUT2D eigenvalue weighted by molar-refractivity contribution is 7.80. The van der Waals surface area contributed by atoms with Crippen molar-refractivity contribution < 1.29 is 34.2 Å². The molecule has 0 bridgehead atoms. The number of nitrogens with one attached hydrogen (secondary N) is 3. The van der Waals surface area contributed by atoms with Gasteiger partial charge in [0, 0.05) is 12.2 Å². The van der Waals surface area contributed by atoms with Gasteiger partial charge in [0.05, 0.1) is 12.6 Å². The normalized spacial score (nSPS) is 14.6. The summed E-state index contributed by atoms with van der Waals surface area (Å²) in [7, 11) is 0. The van der Waals surface area contributed by atoms with E-state index in [2.05, 4.69) is 28.6 Å². The van der Waals surface area contributed by atoms with Crippen molar-refractivity contribution in [2.24, 2.45) is 17.2 Å². The second-order valence-electron chi connectivity index (χ2n) is 6.78. The molecule has 0 saturated carbocycles. The van der Waals surface area contributed by atoms with E-state index in [0.29, 0.717) is 25.8 Å². The molecular weight excluding hydrogens is 432 g/mol. The molecule has 4 atom stereocenters. The zero-order valence-electron chi connectivity index (χ0n) is 17.1. The second-order valence-corrected chi connectivity index (χ2v) is 7.15. The first-order valence-electron chi connectivity index (χ1n) is 9.66. The van der Waals surface area contributed by atoms with E-state index in [9.17, 15) is 29.1 Å². The molecule has 0 saturated heterocycles. The standard InChI is InChI=1S/C17H32N6O7S/c18-6-2-1-3-9(19)14(26)23-12(8-31)16(28)22-11(7-24)15(27)21-10(17(29)30)4-5-13(20)25/h9-12,24,31H,1-8,18-19H2,(H2,20,25)(H,21,27)(H,22,28)(H,23,26)(H,29,30). The zero-order valence-corrected chi connectivity index (χ0v) is 18.0. The number of hydrogen-bond donors (Lipinski definition) is 9. The van der Waals surface area contributed by atoms with Crippen LogP contribution < -0.4 is 33.2 Å². The first kappa shape index (κ1) is 28.6. The van der Waals surface area contributed by atoms with Crippen LogP contribution in [0.25, 0.3) is 0 Å². The van der Waals surface area contributed by atoms with Crippen LogP contribution in [0.2, 0.25) is 0 Å². The Balaban J connectivity index is 4.91. The minimum atomic E-state index is -1.50. The van der Waals surface area contributed by atoms with E-state index in [-0.39, 0.29) is 18.6 Å². The Morgan fingerprint density at radius 1 is 0.871 bits per heavy atom. The fourth-order valence-corrected chi connectivity index (χ4v) is 2.65. The van der Waals surface area contributed by atoms with Crippen LogP contribution in [-0.4, -0.2) is 82.9 Å². The van der Waals surface area contributed by atoms with E-state index in [1.165, 1.54) is 0 Å². The number of nitrogens with two attached hydrogens (primary N) is 3. The molecule has 4 amide bonds. The third-order valence-corrected chi connectivity index (χ3v) is 4.60. The predicted octanol–water partition coefficient (Wildman–Crippen LogP) is -3.83. The smallest absolute Gasteiger partial charge is 0.326 e. The van der Waals surface area contributed by atoms with Crippen LogP contribution in [0.5, 0.6) is 0 Å². The maximum absolute atomic E-state index is 12.4. The Kier molecular flexibility index (Phi) is 14.2. The van der Waals surface area contributed by atoms with Crippen molar-refractivity contribution in [2.75, 3.05) is 18.9 Å². The van der Waals surface area contributed by atoms with Gasteiger partial charge in [0.2, 0.25) is 23.6 Å². The number of carboxylic acid groups (broad SMARTS) is 1. The van der Waals surface area contributed by atoms with E-state index in [0.717, 1.165) is 0 Å². The molecule has 0 spiro atoms. The number of aliphatic hydroxyl groups excluding tert-OH is 1. The summed E-state index contributed by atoms with van der Waals surface area (Å²) >= 11 is 4.00. The number of thiol groups is 1.